The maximum absolute atomic E-state index is 13.4. The number of carbonyl (C=O) groups is 1. The summed E-state index contributed by atoms with van der Waals surface area (Å²) in [5, 5.41) is 0. The molecule has 2 amide bonds. The highest BCUT2D eigenvalue weighted by Gasteiger charge is 2.50. The lowest BCUT2D eigenvalue weighted by molar-refractivity contribution is 0.152. The molecule has 4 rings (SSSR count). The predicted molar refractivity (Wildman–Crippen MR) is 119 cm³/mol. The minimum atomic E-state index is 0.137. The number of benzene rings is 2. The number of carbonyl (C=O) groups excluding carboxylic acids is 1. The first-order valence-corrected chi connectivity index (χ1v) is 11.3. The van der Waals surface area contributed by atoms with Crippen LogP contribution in [-0.4, -0.2) is 46.9 Å². The lowest BCUT2D eigenvalue weighted by Crippen LogP contribution is -2.35. The van der Waals surface area contributed by atoms with Gasteiger partial charge in [0.25, 0.3) is 0 Å². The Morgan fingerprint density at radius 1 is 1.00 bits per heavy atom. The van der Waals surface area contributed by atoms with Gasteiger partial charge in [-0.25, -0.2) is 4.79 Å². The molecule has 0 aromatic heterocycles. The molecule has 2 aromatic rings. The average Bonchev–Trinajstić information content (AvgIpc) is 3.27. The molecule has 0 aliphatic carbocycles. The monoisotopic (exact) mass is 408 g/mol. The molecule has 0 unspecified atom stereocenters. The minimum Gasteiger partial charge on any atom is -0.381 e. The van der Waals surface area contributed by atoms with Crippen LogP contribution >= 0.6 is 11.8 Å². The molecule has 0 saturated carbocycles. The molecular formula is C24H28N2O2S. The zero-order valence-electron chi connectivity index (χ0n) is 16.9. The number of thioether (sulfide) groups is 1. The van der Waals surface area contributed by atoms with E-state index in [0.717, 1.165) is 25.4 Å². The Kier molecular flexibility index (Phi) is 6.57. The van der Waals surface area contributed by atoms with Crippen LogP contribution in [0.5, 0.6) is 0 Å². The summed E-state index contributed by atoms with van der Waals surface area (Å²) < 4.78 is 5.50. The Morgan fingerprint density at radius 3 is 2.24 bits per heavy atom. The number of hydrogen-bond acceptors (Lipinski definition) is 3. The van der Waals surface area contributed by atoms with Crippen LogP contribution in [0.3, 0.4) is 0 Å². The van der Waals surface area contributed by atoms with Crippen LogP contribution in [0.2, 0.25) is 0 Å². The van der Waals surface area contributed by atoms with Gasteiger partial charge in [0.05, 0.1) is 18.7 Å². The fourth-order valence-corrected chi connectivity index (χ4v) is 5.53. The van der Waals surface area contributed by atoms with Crippen molar-refractivity contribution in [3.8, 4) is 0 Å². The fraction of sp³-hybridized carbons (Fsp3) is 0.375. The minimum absolute atomic E-state index is 0.137. The molecule has 2 aliphatic rings. The third-order valence-electron chi connectivity index (χ3n) is 5.51. The van der Waals surface area contributed by atoms with E-state index in [-0.39, 0.29) is 18.1 Å². The summed E-state index contributed by atoms with van der Waals surface area (Å²) in [5.74, 6) is 0.953. The first-order chi connectivity index (χ1) is 14.3. The van der Waals surface area contributed by atoms with Gasteiger partial charge in [0.1, 0.15) is 0 Å². The van der Waals surface area contributed by atoms with Gasteiger partial charge in [-0.1, -0.05) is 66.7 Å². The van der Waals surface area contributed by atoms with Crippen molar-refractivity contribution in [1.82, 2.24) is 9.80 Å². The number of hydrogen-bond donors (Lipinski definition) is 0. The Bertz CT molecular complexity index is 840. The molecule has 2 aromatic carbocycles. The second-order valence-electron chi connectivity index (χ2n) is 7.42. The van der Waals surface area contributed by atoms with Crippen LogP contribution in [0.25, 0.3) is 0 Å². The van der Waals surface area contributed by atoms with Crippen LogP contribution in [0.4, 0.5) is 4.79 Å². The second kappa shape index (κ2) is 9.51. The van der Waals surface area contributed by atoms with E-state index in [1.165, 1.54) is 16.0 Å². The van der Waals surface area contributed by atoms with Gasteiger partial charge in [0.15, 0.2) is 0 Å². The van der Waals surface area contributed by atoms with Crippen LogP contribution in [0.15, 0.2) is 71.6 Å². The lowest BCUT2D eigenvalue weighted by Gasteiger charge is -2.23. The maximum atomic E-state index is 13.4. The normalized spacial score (nSPS) is 22.5. The van der Waals surface area contributed by atoms with Gasteiger partial charge in [-0.2, -0.15) is 0 Å². The van der Waals surface area contributed by atoms with Crippen LogP contribution in [0, 0.1) is 0 Å². The fourth-order valence-electron chi connectivity index (χ4n) is 4.11. The Hall–Kier alpha value is -2.24. The van der Waals surface area contributed by atoms with Crippen molar-refractivity contribution >= 4 is 17.8 Å². The summed E-state index contributed by atoms with van der Waals surface area (Å²) in [4.78, 5) is 18.9. The maximum Gasteiger partial charge on any atom is 0.321 e. The van der Waals surface area contributed by atoms with E-state index in [4.69, 9.17) is 4.74 Å². The molecule has 5 heteroatoms. The number of ether oxygens (including phenoxy) is 1. The molecule has 2 fully saturated rings. The summed E-state index contributed by atoms with van der Waals surface area (Å²) >= 11 is 1.89. The Morgan fingerprint density at radius 2 is 1.62 bits per heavy atom. The van der Waals surface area contributed by atoms with Gasteiger partial charge < -0.3 is 14.5 Å². The summed E-state index contributed by atoms with van der Waals surface area (Å²) in [6.07, 6.45) is 3.17. The van der Waals surface area contributed by atoms with Gasteiger partial charge in [-0.05, 0) is 24.5 Å². The van der Waals surface area contributed by atoms with Crippen molar-refractivity contribution < 1.29 is 9.53 Å². The third kappa shape index (κ3) is 4.51. The Balaban J connectivity index is 1.57. The van der Waals surface area contributed by atoms with E-state index < -0.39 is 0 Å². The molecular weight excluding hydrogens is 380 g/mol. The number of amides is 2. The highest BCUT2D eigenvalue weighted by atomic mass is 32.2. The summed E-state index contributed by atoms with van der Waals surface area (Å²) in [7, 11) is 0. The van der Waals surface area contributed by atoms with Crippen molar-refractivity contribution in [1.29, 1.82) is 0 Å². The van der Waals surface area contributed by atoms with Crippen LogP contribution < -0.4 is 0 Å². The number of rotatable bonds is 8. The SMILES string of the molecule is CCOCC/C=C1/SC[C@H]2[C@@H]1N(Cc1ccccc1)C(=O)N2Cc1ccccc1. The van der Waals surface area contributed by atoms with E-state index in [1.54, 1.807) is 0 Å². The summed E-state index contributed by atoms with van der Waals surface area (Å²) in [6, 6.07) is 21.1. The van der Waals surface area contributed by atoms with E-state index in [0.29, 0.717) is 13.1 Å². The zero-order valence-corrected chi connectivity index (χ0v) is 17.7. The van der Waals surface area contributed by atoms with Crippen LogP contribution in [-0.2, 0) is 17.8 Å². The smallest absolute Gasteiger partial charge is 0.321 e. The number of fused-ring (bicyclic) bond motifs is 1. The Labute approximate surface area is 177 Å². The number of urea groups is 1. The van der Waals surface area contributed by atoms with E-state index in [2.05, 4.69) is 40.1 Å². The van der Waals surface area contributed by atoms with E-state index in [9.17, 15) is 4.79 Å². The number of nitrogens with zero attached hydrogens (tertiary/aromatic N) is 2. The van der Waals surface area contributed by atoms with E-state index in [1.807, 2.05) is 55.1 Å². The first-order valence-electron chi connectivity index (χ1n) is 10.3. The molecule has 29 heavy (non-hydrogen) atoms. The molecule has 0 radical (unpaired) electrons. The standard InChI is InChI=1S/C24H28N2O2S/c1-2-28-15-9-14-22-23-21(18-29-22)25(16-19-10-5-3-6-11-19)24(27)26(23)17-20-12-7-4-8-13-20/h3-8,10-14,21,23H,2,9,15-18H2,1H3/b22-14+/t21-,23-/m0/s1. The zero-order chi connectivity index (χ0) is 20.1. The first kappa shape index (κ1) is 20.0. The molecule has 2 aliphatic heterocycles. The molecule has 2 atom stereocenters. The third-order valence-corrected chi connectivity index (χ3v) is 6.76. The second-order valence-corrected chi connectivity index (χ2v) is 8.52. The predicted octanol–water partition coefficient (Wildman–Crippen LogP) is 4.92. The largest absolute Gasteiger partial charge is 0.381 e. The van der Waals surface area contributed by atoms with Gasteiger partial charge in [0, 0.05) is 30.4 Å². The van der Waals surface area contributed by atoms with Crippen molar-refractivity contribution in [2.24, 2.45) is 0 Å². The van der Waals surface area contributed by atoms with Crippen molar-refractivity contribution in [3.63, 3.8) is 0 Å². The van der Waals surface area contributed by atoms with Crippen molar-refractivity contribution in [2.45, 2.75) is 38.5 Å². The molecule has 2 saturated heterocycles. The van der Waals surface area contributed by atoms with Gasteiger partial charge in [-0.15, -0.1) is 11.8 Å². The molecule has 2 heterocycles. The summed E-state index contributed by atoms with van der Waals surface area (Å²) in [6.45, 7) is 4.81. The molecule has 152 valence electrons. The molecule has 0 spiro atoms. The van der Waals surface area contributed by atoms with Gasteiger partial charge >= 0.3 is 6.03 Å². The summed E-state index contributed by atoms with van der Waals surface area (Å²) in [5.41, 5.74) is 2.35. The van der Waals surface area contributed by atoms with Gasteiger partial charge in [-0.3, -0.25) is 0 Å². The quantitative estimate of drug-likeness (QED) is 0.459. The van der Waals surface area contributed by atoms with E-state index >= 15 is 0 Å². The average molecular weight is 409 g/mol. The van der Waals surface area contributed by atoms with Gasteiger partial charge in [0.2, 0.25) is 0 Å². The molecule has 0 N–H and O–H groups in total. The van der Waals surface area contributed by atoms with Crippen molar-refractivity contribution in [3.05, 3.63) is 82.8 Å². The van der Waals surface area contributed by atoms with Crippen LogP contribution in [0.1, 0.15) is 24.5 Å². The molecule has 4 nitrogen and oxygen atoms in total. The molecule has 0 bridgehead atoms. The lowest BCUT2D eigenvalue weighted by atomic mass is 10.1. The van der Waals surface area contributed by atoms with Crippen molar-refractivity contribution in [2.75, 3.05) is 19.0 Å². The highest BCUT2D eigenvalue weighted by molar-refractivity contribution is 8.03. The topological polar surface area (TPSA) is 32.8 Å². The highest BCUT2D eigenvalue weighted by Crippen LogP contribution is 2.43.